The van der Waals surface area contributed by atoms with E-state index in [1.165, 1.54) is 23.8 Å². The second-order valence-electron chi connectivity index (χ2n) is 11.3. The lowest BCUT2D eigenvalue weighted by molar-refractivity contribution is -0.384. The smallest absolute Gasteiger partial charge is 0.343 e. The van der Waals surface area contributed by atoms with Crippen LogP contribution in [-0.2, 0) is 25.7 Å². The number of nitro benzene ring substituents is 1. The lowest BCUT2D eigenvalue weighted by Crippen LogP contribution is -2.40. The van der Waals surface area contributed by atoms with E-state index in [0.29, 0.717) is 49.8 Å². The van der Waals surface area contributed by atoms with Gasteiger partial charge in [0.25, 0.3) is 11.2 Å². The number of hydrogen-bond donors (Lipinski definition) is 0. The molecular formula is C37H36ClN3O11S. The quantitative estimate of drug-likeness (QED) is 0.0877. The van der Waals surface area contributed by atoms with Crippen LogP contribution in [0.4, 0.5) is 5.69 Å². The molecular weight excluding hydrogens is 730 g/mol. The average Bonchev–Trinajstić information content (AvgIpc) is 3.43. The minimum absolute atomic E-state index is 0.0368. The number of allylic oxidation sites excluding steroid dienone is 1. The Bertz CT molecular complexity index is 2250. The molecule has 0 saturated heterocycles. The summed E-state index contributed by atoms with van der Waals surface area (Å²) in [6.45, 7) is 7.35. The number of carbonyl (C=O) groups is 2. The molecule has 0 aliphatic carbocycles. The maximum atomic E-state index is 14.3. The van der Waals surface area contributed by atoms with Gasteiger partial charge in [-0.1, -0.05) is 29.0 Å². The second kappa shape index (κ2) is 17.2. The standard InChI is InChI=1S/C37H36ClN3O11S/c1-6-48-28-18-24(11-14-27(28)51-20-31(42)47-5)33-32(36(44)50-8-3)21(4)39-37-40(33)35(43)30(53-37)17-23-15-26(38)34(29(16-23)49-7-2)52-19-22-9-12-25(13-10-22)41(45)46/h9-18,33H,6-8,19-20H2,1-5H3/b30-17-/t33-/m0/s1. The molecule has 0 amide bonds. The Morgan fingerprint density at radius 2 is 1.68 bits per heavy atom. The number of nitrogens with zero attached hydrogens (tertiary/aromatic N) is 3. The van der Waals surface area contributed by atoms with Crippen LogP contribution >= 0.6 is 22.9 Å². The number of aromatic nitrogens is 1. The van der Waals surface area contributed by atoms with Crippen LogP contribution in [0.5, 0.6) is 23.0 Å². The van der Waals surface area contributed by atoms with Gasteiger partial charge in [0.05, 0.1) is 58.7 Å². The SMILES string of the molecule is CCOC(=O)C1=C(C)N=c2s/c(=C\c3cc(Cl)c(OCc4ccc([N+](=O)[O-])cc4)c(OCC)c3)c(=O)n2[C@H]1c1ccc(OCC(=O)OC)c(OCC)c1. The Kier molecular flexibility index (Phi) is 12.5. The first kappa shape index (κ1) is 38.6. The molecule has 3 aromatic carbocycles. The maximum Gasteiger partial charge on any atom is 0.343 e. The fraction of sp³-hybridized carbons (Fsp3) is 0.297. The number of thiazole rings is 1. The third-order valence-electron chi connectivity index (χ3n) is 7.83. The first-order chi connectivity index (χ1) is 25.5. The number of ether oxygens (including phenoxy) is 6. The summed E-state index contributed by atoms with van der Waals surface area (Å²) in [5, 5.41) is 11.2. The van der Waals surface area contributed by atoms with Crippen molar-refractivity contribution in [3.8, 4) is 23.0 Å². The monoisotopic (exact) mass is 765 g/mol. The van der Waals surface area contributed by atoms with Crippen LogP contribution in [0.1, 0.15) is 50.4 Å². The molecule has 0 bridgehead atoms. The van der Waals surface area contributed by atoms with Gasteiger partial charge >= 0.3 is 11.9 Å². The number of non-ortho nitro benzene ring substituents is 1. The van der Waals surface area contributed by atoms with Crippen molar-refractivity contribution in [1.29, 1.82) is 0 Å². The molecule has 5 rings (SSSR count). The molecule has 0 N–H and O–H groups in total. The lowest BCUT2D eigenvalue weighted by atomic mass is 9.95. The van der Waals surface area contributed by atoms with E-state index in [2.05, 4.69) is 9.73 Å². The van der Waals surface area contributed by atoms with Gasteiger partial charge in [-0.15, -0.1) is 0 Å². The van der Waals surface area contributed by atoms with E-state index in [9.17, 15) is 24.5 Å². The second-order valence-corrected chi connectivity index (χ2v) is 12.7. The molecule has 53 heavy (non-hydrogen) atoms. The average molecular weight is 766 g/mol. The summed E-state index contributed by atoms with van der Waals surface area (Å²) in [5.74, 6) is -0.0429. The van der Waals surface area contributed by atoms with Crippen LogP contribution in [0.15, 0.2) is 75.7 Å². The topological polar surface area (TPSA) is 167 Å². The number of methoxy groups -OCH3 is 1. The fourth-order valence-electron chi connectivity index (χ4n) is 5.48. The molecule has 16 heteroatoms. The van der Waals surface area contributed by atoms with E-state index in [1.54, 1.807) is 76.2 Å². The highest BCUT2D eigenvalue weighted by atomic mass is 35.5. The van der Waals surface area contributed by atoms with Crippen molar-refractivity contribution in [3.05, 3.63) is 117 Å². The molecule has 2 heterocycles. The molecule has 4 aromatic rings. The summed E-state index contributed by atoms with van der Waals surface area (Å²) in [5.41, 5.74) is 1.82. The van der Waals surface area contributed by atoms with Crippen LogP contribution < -0.4 is 33.8 Å². The van der Waals surface area contributed by atoms with Gasteiger partial charge in [0.15, 0.2) is 34.4 Å². The number of fused-ring (bicyclic) bond motifs is 1. The van der Waals surface area contributed by atoms with Crippen LogP contribution in [0.25, 0.3) is 6.08 Å². The number of halogens is 1. The van der Waals surface area contributed by atoms with Gasteiger partial charge in [-0.2, -0.15) is 0 Å². The van der Waals surface area contributed by atoms with Crippen molar-refractivity contribution in [2.75, 3.05) is 33.5 Å². The van der Waals surface area contributed by atoms with Gasteiger partial charge in [0.1, 0.15) is 6.61 Å². The van der Waals surface area contributed by atoms with E-state index in [-0.39, 0.29) is 54.2 Å². The molecule has 278 valence electrons. The highest BCUT2D eigenvalue weighted by Gasteiger charge is 2.34. The first-order valence-corrected chi connectivity index (χ1v) is 17.7. The van der Waals surface area contributed by atoms with Gasteiger partial charge in [-0.3, -0.25) is 19.5 Å². The number of carbonyl (C=O) groups excluding carboxylic acids is 2. The van der Waals surface area contributed by atoms with Crippen molar-refractivity contribution in [2.45, 2.75) is 40.3 Å². The minimum atomic E-state index is -0.945. The van der Waals surface area contributed by atoms with E-state index in [1.807, 2.05) is 0 Å². The summed E-state index contributed by atoms with van der Waals surface area (Å²) in [7, 11) is 1.25. The largest absolute Gasteiger partial charge is 0.490 e. The Morgan fingerprint density at radius 3 is 2.34 bits per heavy atom. The van der Waals surface area contributed by atoms with Crippen LogP contribution in [-0.4, -0.2) is 55.0 Å². The summed E-state index contributed by atoms with van der Waals surface area (Å²) in [6, 6.07) is 13.3. The fourth-order valence-corrected chi connectivity index (χ4v) is 6.80. The molecule has 1 atom stereocenters. The molecule has 0 unspecified atom stereocenters. The Balaban J connectivity index is 1.57. The maximum absolute atomic E-state index is 14.3. The number of benzene rings is 3. The lowest BCUT2D eigenvalue weighted by Gasteiger charge is -2.25. The number of nitro groups is 1. The molecule has 14 nitrogen and oxygen atoms in total. The van der Waals surface area contributed by atoms with Crippen molar-refractivity contribution < 1.29 is 42.9 Å². The first-order valence-electron chi connectivity index (χ1n) is 16.5. The predicted molar refractivity (Wildman–Crippen MR) is 196 cm³/mol. The summed E-state index contributed by atoms with van der Waals surface area (Å²) >= 11 is 7.83. The third kappa shape index (κ3) is 8.69. The molecule has 0 saturated carbocycles. The van der Waals surface area contributed by atoms with Gasteiger partial charge in [0, 0.05) is 12.1 Å². The number of hydrogen-bond acceptors (Lipinski definition) is 13. The predicted octanol–water partition coefficient (Wildman–Crippen LogP) is 5.29. The van der Waals surface area contributed by atoms with Crippen molar-refractivity contribution in [1.82, 2.24) is 4.57 Å². The van der Waals surface area contributed by atoms with E-state index in [4.69, 9.17) is 35.3 Å². The molecule has 1 aromatic heterocycles. The summed E-state index contributed by atoms with van der Waals surface area (Å²) in [4.78, 5) is 55.0. The highest BCUT2D eigenvalue weighted by molar-refractivity contribution is 7.07. The minimum Gasteiger partial charge on any atom is -0.490 e. The molecule has 0 fully saturated rings. The normalized spacial score (nSPS) is 13.8. The zero-order valence-corrected chi connectivity index (χ0v) is 31.1. The van der Waals surface area contributed by atoms with Crippen molar-refractivity contribution in [2.24, 2.45) is 4.99 Å². The molecule has 0 radical (unpaired) electrons. The number of esters is 2. The summed E-state index contributed by atoms with van der Waals surface area (Å²) < 4.78 is 35.1. The highest BCUT2D eigenvalue weighted by Crippen LogP contribution is 2.38. The molecule has 1 aliphatic heterocycles. The Labute approximate surface area is 312 Å². The Hall–Kier alpha value is -5.67. The van der Waals surface area contributed by atoms with Crippen LogP contribution in [0.3, 0.4) is 0 Å². The van der Waals surface area contributed by atoms with Crippen molar-refractivity contribution >= 4 is 46.6 Å². The zero-order chi connectivity index (χ0) is 38.2. The number of rotatable bonds is 15. The van der Waals surface area contributed by atoms with Gasteiger partial charge < -0.3 is 28.4 Å². The van der Waals surface area contributed by atoms with Crippen molar-refractivity contribution in [3.63, 3.8) is 0 Å². The van der Waals surface area contributed by atoms with Gasteiger partial charge in [-0.05, 0) is 86.9 Å². The van der Waals surface area contributed by atoms with E-state index in [0.717, 1.165) is 11.3 Å². The van der Waals surface area contributed by atoms with E-state index < -0.39 is 28.5 Å². The Morgan fingerprint density at radius 1 is 0.962 bits per heavy atom. The molecule has 0 spiro atoms. The van der Waals surface area contributed by atoms with Gasteiger partial charge in [0.2, 0.25) is 0 Å². The van der Waals surface area contributed by atoms with Crippen LogP contribution in [0, 0.1) is 10.1 Å². The zero-order valence-electron chi connectivity index (χ0n) is 29.5. The summed E-state index contributed by atoms with van der Waals surface area (Å²) in [6.07, 6.45) is 1.65. The van der Waals surface area contributed by atoms with E-state index >= 15 is 0 Å². The van der Waals surface area contributed by atoms with Crippen LogP contribution in [0.2, 0.25) is 5.02 Å². The third-order valence-corrected chi connectivity index (χ3v) is 9.10. The molecule has 1 aliphatic rings. The van der Waals surface area contributed by atoms with Gasteiger partial charge in [-0.25, -0.2) is 14.6 Å².